The first-order valence-corrected chi connectivity index (χ1v) is 7.56. The molecule has 1 fully saturated rings. The first kappa shape index (κ1) is 13.4. The van der Waals surface area contributed by atoms with Crippen LogP contribution < -0.4 is 10.6 Å². The Balaban J connectivity index is 1.59. The number of rotatable bonds is 4. The number of hydrogen-bond donors (Lipinski definition) is 2. The highest BCUT2D eigenvalue weighted by atomic mass is 16.5. The zero-order chi connectivity index (χ0) is 13.8. The van der Waals surface area contributed by atoms with E-state index in [0.717, 1.165) is 63.2 Å². The molecule has 2 aliphatic rings. The molecule has 0 spiro atoms. The second-order valence-electron chi connectivity index (χ2n) is 5.64. The fraction of sp³-hybridized carbons (Fsp3) is 0.562. The molecule has 4 heteroatoms. The molecule has 0 saturated carbocycles. The van der Waals surface area contributed by atoms with Gasteiger partial charge in [-0.15, -0.1) is 0 Å². The maximum absolute atomic E-state index is 12.3. The van der Waals surface area contributed by atoms with Gasteiger partial charge in [0.1, 0.15) is 0 Å². The zero-order valence-corrected chi connectivity index (χ0v) is 11.8. The number of carbonyl (C=O) groups excluding carboxylic acids is 1. The van der Waals surface area contributed by atoms with Gasteiger partial charge in [-0.25, -0.2) is 0 Å². The molecule has 20 heavy (non-hydrogen) atoms. The standard InChI is InChI=1S/C16H22N2O2/c19-16(18-9-6-12-7-10-20-11-12)14-5-1-3-13-4-2-8-17-15(13)14/h1,3,5,12,17H,2,4,6-11H2,(H,18,19). The van der Waals surface area contributed by atoms with E-state index in [0.29, 0.717) is 5.92 Å². The largest absolute Gasteiger partial charge is 0.384 e. The van der Waals surface area contributed by atoms with Crippen molar-refractivity contribution in [2.24, 2.45) is 5.92 Å². The number of para-hydroxylation sites is 1. The molecule has 3 rings (SSSR count). The van der Waals surface area contributed by atoms with E-state index in [1.807, 2.05) is 12.1 Å². The highest BCUT2D eigenvalue weighted by Crippen LogP contribution is 2.26. The van der Waals surface area contributed by atoms with Gasteiger partial charge in [-0.05, 0) is 43.2 Å². The van der Waals surface area contributed by atoms with Gasteiger partial charge >= 0.3 is 0 Å². The van der Waals surface area contributed by atoms with E-state index in [1.54, 1.807) is 0 Å². The zero-order valence-electron chi connectivity index (χ0n) is 11.8. The maximum Gasteiger partial charge on any atom is 0.253 e. The van der Waals surface area contributed by atoms with Crippen LogP contribution in [0.15, 0.2) is 18.2 Å². The third-order valence-electron chi connectivity index (χ3n) is 4.18. The minimum Gasteiger partial charge on any atom is -0.384 e. The van der Waals surface area contributed by atoms with E-state index in [2.05, 4.69) is 16.7 Å². The van der Waals surface area contributed by atoms with Crippen LogP contribution in [0.25, 0.3) is 0 Å². The molecular formula is C16H22N2O2. The molecule has 0 bridgehead atoms. The third-order valence-corrected chi connectivity index (χ3v) is 4.18. The van der Waals surface area contributed by atoms with Gasteiger partial charge in [-0.2, -0.15) is 0 Å². The first-order chi connectivity index (χ1) is 9.84. The molecule has 2 N–H and O–H groups in total. The van der Waals surface area contributed by atoms with Crippen LogP contribution in [0.1, 0.15) is 35.2 Å². The van der Waals surface area contributed by atoms with Gasteiger partial charge in [-0.3, -0.25) is 4.79 Å². The summed E-state index contributed by atoms with van der Waals surface area (Å²) in [5, 5.41) is 6.40. The number of nitrogens with one attached hydrogen (secondary N) is 2. The Morgan fingerprint density at radius 2 is 2.40 bits per heavy atom. The van der Waals surface area contributed by atoms with E-state index in [9.17, 15) is 4.79 Å². The highest BCUT2D eigenvalue weighted by Gasteiger charge is 2.18. The Morgan fingerprint density at radius 3 is 3.25 bits per heavy atom. The van der Waals surface area contributed by atoms with Crippen LogP contribution in [0.4, 0.5) is 5.69 Å². The topological polar surface area (TPSA) is 50.4 Å². The molecule has 2 aliphatic heterocycles. The molecule has 1 aromatic carbocycles. The minimum absolute atomic E-state index is 0.0372. The summed E-state index contributed by atoms with van der Waals surface area (Å²) < 4.78 is 5.35. The van der Waals surface area contributed by atoms with Crippen LogP contribution in [0.3, 0.4) is 0 Å². The summed E-state index contributed by atoms with van der Waals surface area (Å²) in [6, 6.07) is 5.99. The van der Waals surface area contributed by atoms with Gasteiger partial charge in [0, 0.05) is 26.3 Å². The molecule has 4 nitrogen and oxygen atoms in total. The second-order valence-corrected chi connectivity index (χ2v) is 5.64. The predicted octanol–water partition coefficient (Wildman–Crippen LogP) is 2.20. The highest BCUT2D eigenvalue weighted by molar-refractivity contribution is 6.00. The Morgan fingerprint density at radius 1 is 1.45 bits per heavy atom. The quantitative estimate of drug-likeness (QED) is 0.885. The fourth-order valence-electron chi connectivity index (χ4n) is 2.99. The monoisotopic (exact) mass is 274 g/mol. The molecule has 0 aromatic heterocycles. The van der Waals surface area contributed by atoms with E-state index in [4.69, 9.17) is 4.74 Å². The molecule has 1 unspecified atom stereocenters. The van der Waals surface area contributed by atoms with Crippen molar-refractivity contribution in [3.05, 3.63) is 29.3 Å². The van der Waals surface area contributed by atoms with Crippen molar-refractivity contribution in [3.63, 3.8) is 0 Å². The van der Waals surface area contributed by atoms with Gasteiger partial charge in [0.2, 0.25) is 0 Å². The Hall–Kier alpha value is -1.55. The number of aryl methyl sites for hydroxylation is 1. The van der Waals surface area contributed by atoms with Gasteiger partial charge < -0.3 is 15.4 Å². The van der Waals surface area contributed by atoms with Crippen LogP contribution in [0.2, 0.25) is 0 Å². The van der Waals surface area contributed by atoms with Crippen molar-refractivity contribution >= 4 is 11.6 Å². The van der Waals surface area contributed by atoms with E-state index >= 15 is 0 Å². The first-order valence-electron chi connectivity index (χ1n) is 7.56. The summed E-state index contributed by atoms with van der Waals surface area (Å²) in [6.45, 7) is 3.40. The molecule has 1 amide bonds. The SMILES string of the molecule is O=C(NCCC1CCOC1)c1cccc2c1NCCC2. The van der Waals surface area contributed by atoms with Gasteiger partial charge in [0.05, 0.1) is 11.3 Å². The maximum atomic E-state index is 12.3. The van der Waals surface area contributed by atoms with Gasteiger partial charge in [-0.1, -0.05) is 12.1 Å². The number of carbonyl (C=O) groups is 1. The Labute approximate surface area is 119 Å². The molecule has 2 heterocycles. The van der Waals surface area contributed by atoms with Crippen molar-refractivity contribution in [1.29, 1.82) is 0 Å². The van der Waals surface area contributed by atoms with Crippen molar-refractivity contribution in [1.82, 2.24) is 5.32 Å². The lowest BCUT2D eigenvalue weighted by Gasteiger charge is -2.21. The molecule has 1 atom stereocenters. The lowest BCUT2D eigenvalue weighted by atomic mass is 9.99. The molecule has 108 valence electrons. The number of fused-ring (bicyclic) bond motifs is 1. The lowest BCUT2D eigenvalue weighted by molar-refractivity contribution is 0.0951. The summed E-state index contributed by atoms with van der Waals surface area (Å²) in [7, 11) is 0. The number of benzene rings is 1. The van der Waals surface area contributed by atoms with Crippen molar-refractivity contribution in [3.8, 4) is 0 Å². The Bertz CT molecular complexity index is 481. The van der Waals surface area contributed by atoms with Crippen molar-refractivity contribution in [2.75, 3.05) is 31.6 Å². The summed E-state index contributed by atoms with van der Waals surface area (Å²) >= 11 is 0. The predicted molar refractivity (Wildman–Crippen MR) is 79.1 cm³/mol. The molecule has 1 saturated heterocycles. The molecule has 0 aliphatic carbocycles. The van der Waals surface area contributed by atoms with E-state index in [1.165, 1.54) is 5.56 Å². The number of hydrogen-bond acceptors (Lipinski definition) is 3. The average Bonchev–Trinajstić information content (AvgIpc) is 3.00. The smallest absolute Gasteiger partial charge is 0.253 e. The lowest BCUT2D eigenvalue weighted by Crippen LogP contribution is -2.28. The summed E-state index contributed by atoms with van der Waals surface area (Å²) in [5.41, 5.74) is 3.07. The summed E-state index contributed by atoms with van der Waals surface area (Å²) in [5.74, 6) is 0.647. The third kappa shape index (κ3) is 2.96. The van der Waals surface area contributed by atoms with Crippen molar-refractivity contribution in [2.45, 2.75) is 25.7 Å². The molecule has 1 aromatic rings. The summed E-state index contributed by atoms with van der Waals surface area (Å²) in [6.07, 6.45) is 4.33. The number of amides is 1. The van der Waals surface area contributed by atoms with E-state index < -0.39 is 0 Å². The van der Waals surface area contributed by atoms with Crippen LogP contribution in [-0.2, 0) is 11.2 Å². The van der Waals surface area contributed by atoms with Crippen molar-refractivity contribution < 1.29 is 9.53 Å². The number of anilines is 1. The summed E-state index contributed by atoms with van der Waals surface area (Å²) in [4.78, 5) is 12.3. The van der Waals surface area contributed by atoms with Crippen LogP contribution >= 0.6 is 0 Å². The molecular weight excluding hydrogens is 252 g/mol. The van der Waals surface area contributed by atoms with Crippen LogP contribution in [-0.4, -0.2) is 32.2 Å². The average molecular weight is 274 g/mol. The van der Waals surface area contributed by atoms with E-state index in [-0.39, 0.29) is 5.91 Å². The molecule has 0 radical (unpaired) electrons. The fourth-order valence-corrected chi connectivity index (χ4v) is 2.99. The van der Waals surface area contributed by atoms with Crippen LogP contribution in [0.5, 0.6) is 0 Å². The van der Waals surface area contributed by atoms with Gasteiger partial charge in [0.15, 0.2) is 0 Å². The normalized spacial score (nSPS) is 21.1. The van der Waals surface area contributed by atoms with Crippen LogP contribution in [0, 0.1) is 5.92 Å². The minimum atomic E-state index is 0.0372. The Kier molecular flexibility index (Phi) is 4.21. The number of ether oxygens (including phenoxy) is 1. The second kappa shape index (κ2) is 6.27. The van der Waals surface area contributed by atoms with Gasteiger partial charge in [0.25, 0.3) is 5.91 Å².